The lowest BCUT2D eigenvalue weighted by Gasteiger charge is -2.28. The molecule has 3 aromatic carbocycles. The first-order valence-electron chi connectivity index (χ1n) is 13.9. The van der Waals surface area contributed by atoms with E-state index in [1.165, 1.54) is 0 Å². The van der Waals surface area contributed by atoms with Crippen molar-refractivity contribution in [3.05, 3.63) is 66.7 Å². The molecule has 0 aliphatic heterocycles. The van der Waals surface area contributed by atoms with Gasteiger partial charge < -0.3 is 16.4 Å². The molecule has 1 aliphatic carbocycles. The Labute approximate surface area is 230 Å². The lowest BCUT2D eigenvalue weighted by molar-refractivity contribution is 0.284. The Morgan fingerprint density at radius 3 is 2.31 bits per heavy atom. The van der Waals surface area contributed by atoms with Crippen molar-refractivity contribution in [3.63, 3.8) is 0 Å². The molecule has 0 unspecified atom stereocenters. The van der Waals surface area contributed by atoms with Gasteiger partial charge in [-0.05, 0) is 91.9 Å². The molecule has 0 atom stereocenters. The molecule has 5 N–H and O–H groups in total. The maximum atomic E-state index is 12.9. The third kappa shape index (κ3) is 7.03. The first-order valence-corrected chi connectivity index (χ1v) is 15.4. The van der Waals surface area contributed by atoms with Gasteiger partial charge in [-0.2, -0.15) is 4.98 Å². The monoisotopic (exact) mass is 546 g/mol. The van der Waals surface area contributed by atoms with Crippen LogP contribution in [0.5, 0.6) is 0 Å². The van der Waals surface area contributed by atoms with Gasteiger partial charge in [-0.3, -0.25) is 0 Å². The predicted molar refractivity (Wildman–Crippen MR) is 159 cm³/mol. The van der Waals surface area contributed by atoms with E-state index in [0.29, 0.717) is 35.8 Å². The highest BCUT2D eigenvalue weighted by molar-refractivity contribution is 7.89. The highest BCUT2D eigenvalue weighted by Crippen LogP contribution is 2.29. The van der Waals surface area contributed by atoms with Crippen LogP contribution in [-0.2, 0) is 10.0 Å². The van der Waals surface area contributed by atoms with E-state index in [1.54, 1.807) is 12.1 Å². The third-order valence-corrected chi connectivity index (χ3v) is 9.06. The fourth-order valence-electron chi connectivity index (χ4n) is 5.29. The summed E-state index contributed by atoms with van der Waals surface area (Å²) in [4.78, 5) is 9.81. The Hall–Kier alpha value is -3.27. The molecule has 4 aromatic rings. The number of nitrogens with two attached hydrogens (primary N) is 1. The highest BCUT2D eigenvalue weighted by Gasteiger charge is 2.24. The SMILES string of the molecule is NCCCCNc1nc(NCC2CCC(CNS(=O)(=O)c3ccc4ccccc4c3)CC2)nc2ccccc12. The van der Waals surface area contributed by atoms with Crippen molar-refractivity contribution in [3.8, 4) is 0 Å². The second kappa shape index (κ2) is 12.7. The van der Waals surface area contributed by atoms with Crippen LogP contribution in [0.3, 0.4) is 0 Å². The molecule has 206 valence electrons. The second-order valence-corrected chi connectivity index (χ2v) is 12.2. The molecular formula is C30H38N6O2S. The number of fused-ring (bicyclic) bond motifs is 2. The van der Waals surface area contributed by atoms with Gasteiger partial charge in [-0.15, -0.1) is 0 Å². The zero-order valence-electron chi connectivity index (χ0n) is 22.3. The van der Waals surface area contributed by atoms with Crippen LogP contribution in [0.1, 0.15) is 38.5 Å². The van der Waals surface area contributed by atoms with Gasteiger partial charge in [-0.25, -0.2) is 18.1 Å². The molecule has 0 spiro atoms. The maximum absolute atomic E-state index is 12.9. The molecule has 1 fully saturated rings. The van der Waals surface area contributed by atoms with E-state index in [-0.39, 0.29) is 0 Å². The van der Waals surface area contributed by atoms with Crippen LogP contribution >= 0.6 is 0 Å². The smallest absolute Gasteiger partial charge is 0.240 e. The van der Waals surface area contributed by atoms with Crippen LogP contribution in [0.2, 0.25) is 0 Å². The van der Waals surface area contributed by atoms with Gasteiger partial charge in [0.1, 0.15) is 5.82 Å². The molecule has 1 saturated carbocycles. The molecule has 0 saturated heterocycles. The summed E-state index contributed by atoms with van der Waals surface area (Å²) >= 11 is 0. The van der Waals surface area contributed by atoms with Crippen molar-refractivity contribution < 1.29 is 8.42 Å². The summed E-state index contributed by atoms with van der Waals surface area (Å²) in [5.41, 5.74) is 6.54. The minimum Gasteiger partial charge on any atom is -0.369 e. The van der Waals surface area contributed by atoms with Crippen molar-refractivity contribution >= 4 is 43.5 Å². The van der Waals surface area contributed by atoms with E-state index in [4.69, 9.17) is 15.7 Å². The summed E-state index contributed by atoms with van der Waals surface area (Å²) in [6.45, 7) is 2.80. The predicted octanol–water partition coefficient (Wildman–Crippen LogP) is 5.13. The van der Waals surface area contributed by atoms with Crippen LogP contribution in [0.25, 0.3) is 21.7 Å². The Balaban J connectivity index is 1.12. The van der Waals surface area contributed by atoms with Crippen molar-refractivity contribution in [2.75, 3.05) is 36.8 Å². The lowest BCUT2D eigenvalue weighted by atomic mass is 9.82. The summed E-state index contributed by atoms with van der Waals surface area (Å²) in [5.74, 6) is 2.34. The number of nitrogens with zero attached hydrogens (tertiary/aromatic N) is 2. The average Bonchev–Trinajstić information content (AvgIpc) is 2.97. The summed E-state index contributed by atoms with van der Waals surface area (Å²) in [6, 6.07) is 21.1. The average molecular weight is 547 g/mol. The molecule has 1 heterocycles. The first kappa shape index (κ1) is 27.3. The van der Waals surface area contributed by atoms with Crippen LogP contribution in [0, 0.1) is 11.8 Å². The third-order valence-electron chi connectivity index (χ3n) is 7.64. The molecule has 8 nitrogen and oxygen atoms in total. The molecule has 0 bridgehead atoms. The van der Waals surface area contributed by atoms with Crippen LogP contribution in [-0.4, -0.2) is 44.6 Å². The Morgan fingerprint density at radius 2 is 1.51 bits per heavy atom. The number of nitrogens with one attached hydrogen (secondary N) is 3. The topological polar surface area (TPSA) is 122 Å². The maximum Gasteiger partial charge on any atom is 0.240 e. The Morgan fingerprint density at radius 1 is 0.795 bits per heavy atom. The van der Waals surface area contributed by atoms with E-state index in [0.717, 1.165) is 79.1 Å². The molecule has 5 rings (SSSR count). The number of hydrogen-bond donors (Lipinski definition) is 4. The molecular weight excluding hydrogens is 508 g/mol. The van der Waals surface area contributed by atoms with E-state index in [1.807, 2.05) is 54.6 Å². The van der Waals surface area contributed by atoms with Gasteiger partial charge in [0.05, 0.1) is 10.4 Å². The minimum absolute atomic E-state index is 0.322. The van der Waals surface area contributed by atoms with Gasteiger partial charge in [0.25, 0.3) is 0 Å². The van der Waals surface area contributed by atoms with Gasteiger partial charge in [0.2, 0.25) is 16.0 Å². The number of unbranched alkanes of at least 4 members (excludes halogenated alkanes) is 1. The van der Waals surface area contributed by atoms with Crippen LogP contribution in [0.4, 0.5) is 11.8 Å². The van der Waals surface area contributed by atoms with Crippen LogP contribution in [0.15, 0.2) is 71.6 Å². The van der Waals surface area contributed by atoms with E-state index in [9.17, 15) is 8.42 Å². The second-order valence-electron chi connectivity index (χ2n) is 10.5. The Kier molecular flexibility index (Phi) is 8.91. The largest absolute Gasteiger partial charge is 0.369 e. The summed E-state index contributed by atoms with van der Waals surface area (Å²) < 4.78 is 28.7. The van der Waals surface area contributed by atoms with Crippen molar-refractivity contribution in [1.82, 2.24) is 14.7 Å². The fraction of sp³-hybridized carbons (Fsp3) is 0.400. The first-order chi connectivity index (χ1) is 19.0. The van der Waals surface area contributed by atoms with Gasteiger partial charge >= 0.3 is 0 Å². The van der Waals surface area contributed by atoms with E-state index < -0.39 is 10.0 Å². The normalized spacial score (nSPS) is 17.9. The van der Waals surface area contributed by atoms with E-state index in [2.05, 4.69) is 15.4 Å². The minimum atomic E-state index is -3.53. The van der Waals surface area contributed by atoms with Crippen molar-refractivity contribution in [2.24, 2.45) is 17.6 Å². The van der Waals surface area contributed by atoms with Gasteiger partial charge in [-0.1, -0.05) is 42.5 Å². The number of aromatic nitrogens is 2. The number of hydrogen-bond acceptors (Lipinski definition) is 7. The zero-order valence-corrected chi connectivity index (χ0v) is 23.1. The van der Waals surface area contributed by atoms with Crippen molar-refractivity contribution in [2.45, 2.75) is 43.4 Å². The summed E-state index contributed by atoms with van der Waals surface area (Å²) in [6.07, 6.45) is 6.08. The number of benzene rings is 3. The summed E-state index contributed by atoms with van der Waals surface area (Å²) in [5, 5.41) is 9.89. The number of rotatable bonds is 12. The van der Waals surface area contributed by atoms with E-state index >= 15 is 0 Å². The zero-order chi connectivity index (χ0) is 27.1. The van der Waals surface area contributed by atoms with Crippen LogP contribution < -0.4 is 21.1 Å². The summed E-state index contributed by atoms with van der Waals surface area (Å²) in [7, 11) is -3.53. The molecule has 0 radical (unpaired) electrons. The molecule has 39 heavy (non-hydrogen) atoms. The fourth-order valence-corrected chi connectivity index (χ4v) is 6.44. The molecule has 1 aliphatic rings. The Bertz CT molecular complexity index is 1500. The number of anilines is 2. The van der Waals surface area contributed by atoms with Crippen molar-refractivity contribution in [1.29, 1.82) is 0 Å². The molecule has 9 heteroatoms. The van der Waals surface area contributed by atoms with Gasteiger partial charge in [0, 0.05) is 25.0 Å². The quantitative estimate of drug-likeness (QED) is 0.182. The highest BCUT2D eigenvalue weighted by atomic mass is 32.2. The number of sulfonamides is 1. The lowest BCUT2D eigenvalue weighted by Crippen LogP contribution is -2.32. The van der Waals surface area contributed by atoms with Gasteiger partial charge in [0.15, 0.2) is 0 Å². The molecule has 1 aromatic heterocycles. The standard InChI is InChI=1S/C30H38N6O2S/c31-17-5-6-18-32-29-27-9-3-4-10-28(27)35-30(36-29)33-20-22-11-13-23(14-12-22)21-34-39(37,38)26-16-15-24-7-1-2-8-25(24)19-26/h1-4,7-10,15-16,19,22-23,34H,5-6,11-14,17-18,20-21,31H2,(H2,32,33,35,36). The number of para-hydroxylation sites is 1. The molecule has 0 amide bonds.